The highest BCUT2D eigenvalue weighted by atomic mass is 79.9. The van der Waals surface area contributed by atoms with Crippen LogP contribution in [0.25, 0.3) is 0 Å². The lowest BCUT2D eigenvalue weighted by Gasteiger charge is -2.14. The topological polar surface area (TPSA) is 34.1 Å². The van der Waals surface area contributed by atoms with E-state index in [2.05, 4.69) is 46.1 Å². The number of hydrogen-bond donors (Lipinski definition) is 1. The van der Waals surface area contributed by atoms with Crippen LogP contribution in [-0.2, 0) is 0 Å². The van der Waals surface area contributed by atoms with Crippen molar-refractivity contribution in [1.29, 1.82) is 0 Å². The Labute approximate surface area is 134 Å². The molecule has 1 heterocycles. The third-order valence-electron chi connectivity index (χ3n) is 3.26. The normalized spacial score (nSPS) is 12.2. The zero-order valence-corrected chi connectivity index (χ0v) is 14.3. The summed E-state index contributed by atoms with van der Waals surface area (Å²) in [6.45, 7) is 7.36. The van der Waals surface area contributed by atoms with E-state index in [0.717, 1.165) is 23.2 Å². The summed E-state index contributed by atoms with van der Waals surface area (Å²) in [5.41, 5.74) is 2.35. The van der Waals surface area contributed by atoms with E-state index >= 15 is 0 Å². The van der Waals surface area contributed by atoms with Crippen LogP contribution in [0.3, 0.4) is 0 Å². The molecule has 0 saturated heterocycles. The highest BCUT2D eigenvalue weighted by molar-refractivity contribution is 9.10. The van der Waals surface area contributed by atoms with Crippen molar-refractivity contribution in [3.63, 3.8) is 0 Å². The maximum atomic E-state index is 5.80. The molecule has 1 aromatic carbocycles. The molecule has 0 aliphatic carbocycles. The summed E-state index contributed by atoms with van der Waals surface area (Å²) >= 11 is 3.51. The van der Waals surface area contributed by atoms with Crippen LogP contribution >= 0.6 is 15.9 Å². The summed E-state index contributed by atoms with van der Waals surface area (Å²) in [7, 11) is 0. The first-order valence-corrected chi connectivity index (χ1v) is 8.02. The largest absolute Gasteiger partial charge is 0.438 e. The summed E-state index contributed by atoms with van der Waals surface area (Å²) in [5, 5.41) is 3.44. The van der Waals surface area contributed by atoms with Gasteiger partial charge in [-0.2, -0.15) is 0 Å². The molecular formula is C17H21BrN2O. The van der Waals surface area contributed by atoms with Gasteiger partial charge < -0.3 is 10.1 Å². The SMILES string of the molecule is CCCNC(C)c1ccc(Oc2ccc(C)cc2Br)nc1. The van der Waals surface area contributed by atoms with E-state index in [9.17, 15) is 0 Å². The van der Waals surface area contributed by atoms with Crippen LogP contribution in [-0.4, -0.2) is 11.5 Å². The first-order valence-electron chi connectivity index (χ1n) is 7.23. The molecule has 0 spiro atoms. The number of hydrogen-bond acceptors (Lipinski definition) is 3. The molecule has 2 rings (SSSR count). The molecule has 0 fully saturated rings. The van der Waals surface area contributed by atoms with Crippen molar-refractivity contribution >= 4 is 15.9 Å². The van der Waals surface area contributed by atoms with E-state index in [1.54, 1.807) is 0 Å². The van der Waals surface area contributed by atoms with Crippen molar-refractivity contribution in [3.05, 3.63) is 52.1 Å². The van der Waals surface area contributed by atoms with Gasteiger partial charge in [0, 0.05) is 18.3 Å². The Morgan fingerprint density at radius 3 is 2.71 bits per heavy atom. The monoisotopic (exact) mass is 348 g/mol. The van der Waals surface area contributed by atoms with Crippen molar-refractivity contribution in [3.8, 4) is 11.6 Å². The Morgan fingerprint density at radius 2 is 2.10 bits per heavy atom. The zero-order valence-electron chi connectivity index (χ0n) is 12.7. The second-order valence-corrected chi connectivity index (χ2v) is 6.00. The van der Waals surface area contributed by atoms with Crippen LogP contribution in [0, 0.1) is 6.92 Å². The van der Waals surface area contributed by atoms with Crippen molar-refractivity contribution in [2.24, 2.45) is 0 Å². The van der Waals surface area contributed by atoms with E-state index in [1.807, 2.05) is 37.4 Å². The molecular weight excluding hydrogens is 328 g/mol. The van der Waals surface area contributed by atoms with Gasteiger partial charge in [0.1, 0.15) is 5.75 Å². The third-order valence-corrected chi connectivity index (χ3v) is 3.88. The Hall–Kier alpha value is -1.39. The number of nitrogens with one attached hydrogen (secondary N) is 1. The Morgan fingerprint density at radius 1 is 1.29 bits per heavy atom. The molecule has 1 aromatic heterocycles. The molecule has 112 valence electrons. The van der Waals surface area contributed by atoms with Gasteiger partial charge in [0.25, 0.3) is 0 Å². The molecule has 1 atom stereocenters. The van der Waals surface area contributed by atoms with Gasteiger partial charge in [-0.3, -0.25) is 0 Å². The summed E-state index contributed by atoms with van der Waals surface area (Å²) < 4.78 is 6.74. The maximum absolute atomic E-state index is 5.80. The van der Waals surface area contributed by atoms with Crippen LogP contribution < -0.4 is 10.1 Å². The molecule has 2 aromatic rings. The van der Waals surface area contributed by atoms with Gasteiger partial charge in [-0.15, -0.1) is 0 Å². The zero-order chi connectivity index (χ0) is 15.2. The van der Waals surface area contributed by atoms with Crippen LogP contribution in [0.4, 0.5) is 0 Å². The lowest BCUT2D eigenvalue weighted by Crippen LogP contribution is -2.19. The smallest absolute Gasteiger partial charge is 0.219 e. The number of aromatic nitrogens is 1. The second-order valence-electron chi connectivity index (χ2n) is 5.14. The van der Waals surface area contributed by atoms with E-state index in [-0.39, 0.29) is 0 Å². The molecule has 4 heteroatoms. The van der Waals surface area contributed by atoms with Crippen molar-refractivity contribution in [2.45, 2.75) is 33.2 Å². The average Bonchev–Trinajstić information content (AvgIpc) is 2.48. The standard InChI is InChI=1S/C17H21BrN2O/c1-4-9-19-13(3)14-6-8-17(20-11-14)21-16-7-5-12(2)10-15(16)18/h5-8,10-11,13,19H,4,9H2,1-3H3. The number of nitrogens with zero attached hydrogens (tertiary/aromatic N) is 1. The van der Waals surface area contributed by atoms with Gasteiger partial charge >= 0.3 is 0 Å². The molecule has 0 saturated carbocycles. The fourth-order valence-corrected chi connectivity index (χ4v) is 2.56. The van der Waals surface area contributed by atoms with Crippen molar-refractivity contribution < 1.29 is 4.74 Å². The Bertz CT molecular complexity index is 584. The minimum Gasteiger partial charge on any atom is -0.438 e. The predicted molar refractivity (Wildman–Crippen MR) is 89.9 cm³/mol. The molecule has 0 radical (unpaired) electrons. The van der Waals surface area contributed by atoms with Gasteiger partial charge in [-0.25, -0.2) is 4.98 Å². The summed E-state index contributed by atoms with van der Waals surface area (Å²) in [6, 6.07) is 10.3. The fourth-order valence-electron chi connectivity index (χ4n) is 1.99. The van der Waals surface area contributed by atoms with Gasteiger partial charge in [-0.1, -0.05) is 19.1 Å². The Balaban J connectivity index is 2.05. The van der Waals surface area contributed by atoms with Crippen LogP contribution in [0.2, 0.25) is 0 Å². The second kappa shape index (κ2) is 7.57. The van der Waals surface area contributed by atoms with E-state index in [0.29, 0.717) is 11.9 Å². The Kier molecular flexibility index (Phi) is 5.76. The molecule has 0 bridgehead atoms. The molecule has 0 amide bonds. The number of pyridine rings is 1. The quantitative estimate of drug-likeness (QED) is 0.796. The number of rotatable bonds is 6. The van der Waals surface area contributed by atoms with Gasteiger partial charge in [0.05, 0.1) is 4.47 Å². The summed E-state index contributed by atoms with van der Waals surface area (Å²) in [4.78, 5) is 4.38. The van der Waals surface area contributed by atoms with Gasteiger partial charge in [-0.05, 0) is 66.0 Å². The minimum absolute atomic E-state index is 0.303. The van der Waals surface area contributed by atoms with E-state index < -0.39 is 0 Å². The number of halogens is 1. The highest BCUT2D eigenvalue weighted by Gasteiger charge is 2.07. The van der Waals surface area contributed by atoms with Crippen LogP contribution in [0.15, 0.2) is 41.0 Å². The van der Waals surface area contributed by atoms with E-state index in [1.165, 1.54) is 11.1 Å². The molecule has 0 aliphatic heterocycles. The summed E-state index contributed by atoms with van der Waals surface area (Å²) in [6.07, 6.45) is 2.99. The van der Waals surface area contributed by atoms with Gasteiger partial charge in [0.15, 0.2) is 0 Å². The molecule has 1 N–H and O–H groups in total. The van der Waals surface area contributed by atoms with Crippen molar-refractivity contribution in [1.82, 2.24) is 10.3 Å². The average molecular weight is 349 g/mol. The number of ether oxygens (including phenoxy) is 1. The third kappa shape index (κ3) is 4.55. The fraction of sp³-hybridized carbons (Fsp3) is 0.353. The number of aryl methyl sites for hydroxylation is 1. The van der Waals surface area contributed by atoms with Gasteiger partial charge in [0.2, 0.25) is 5.88 Å². The first kappa shape index (κ1) is 16.0. The lowest BCUT2D eigenvalue weighted by atomic mass is 10.1. The molecule has 1 unspecified atom stereocenters. The molecule has 21 heavy (non-hydrogen) atoms. The molecule has 3 nitrogen and oxygen atoms in total. The minimum atomic E-state index is 0.303. The maximum Gasteiger partial charge on any atom is 0.219 e. The molecule has 0 aliphatic rings. The van der Waals surface area contributed by atoms with E-state index in [4.69, 9.17) is 4.74 Å². The van der Waals surface area contributed by atoms with Crippen LogP contribution in [0.5, 0.6) is 11.6 Å². The highest BCUT2D eigenvalue weighted by Crippen LogP contribution is 2.29. The van der Waals surface area contributed by atoms with Crippen molar-refractivity contribution in [2.75, 3.05) is 6.54 Å². The predicted octanol–water partition coefficient (Wildman–Crippen LogP) is 5.01. The number of benzene rings is 1. The first-order chi connectivity index (χ1) is 10.1. The lowest BCUT2D eigenvalue weighted by molar-refractivity contribution is 0.458. The van der Waals surface area contributed by atoms with Crippen LogP contribution in [0.1, 0.15) is 37.4 Å². The summed E-state index contributed by atoms with van der Waals surface area (Å²) in [5.74, 6) is 1.38.